The van der Waals surface area contributed by atoms with E-state index in [1.54, 1.807) is 31.4 Å². The quantitative estimate of drug-likeness (QED) is 0.847. The van der Waals surface area contributed by atoms with Crippen LogP contribution in [-0.4, -0.2) is 34.6 Å². The normalized spacial score (nSPS) is 19.3. The molecule has 6 heteroatoms. The molecule has 1 aliphatic rings. The van der Waals surface area contributed by atoms with Crippen molar-refractivity contribution in [1.29, 1.82) is 0 Å². The summed E-state index contributed by atoms with van der Waals surface area (Å²) in [4.78, 5) is 12.7. The van der Waals surface area contributed by atoms with E-state index >= 15 is 0 Å². The summed E-state index contributed by atoms with van der Waals surface area (Å²) >= 11 is 1.51. The van der Waals surface area contributed by atoms with Gasteiger partial charge in [-0.2, -0.15) is 10.1 Å². The standard InChI is InChI=1S/C20H22N2O3S/c1-15-12-20(24,17-8-10-18(25-2)11-9-17)22(21-15)19(23)14-26-13-16-6-4-3-5-7-16/h3-11,24H,12-14H2,1-2H3/t20-/m1/s1. The zero-order valence-corrected chi connectivity index (χ0v) is 15.7. The number of ether oxygens (including phenoxy) is 1. The van der Waals surface area contributed by atoms with Gasteiger partial charge in [-0.3, -0.25) is 4.79 Å². The van der Waals surface area contributed by atoms with Crippen molar-refractivity contribution in [3.05, 3.63) is 65.7 Å². The van der Waals surface area contributed by atoms with E-state index in [1.165, 1.54) is 16.8 Å². The molecule has 0 unspecified atom stereocenters. The second-order valence-corrected chi connectivity index (χ2v) is 7.23. The Kier molecular flexibility index (Phi) is 5.64. The number of amides is 1. The van der Waals surface area contributed by atoms with Gasteiger partial charge in [0.25, 0.3) is 5.91 Å². The summed E-state index contributed by atoms with van der Waals surface area (Å²) in [5.74, 6) is 1.49. The van der Waals surface area contributed by atoms with Crippen LogP contribution < -0.4 is 4.74 Å². The number of hydrazone groups is 1. The molecule has 0 spiro atoms. The lowest BCUT2D eigenvalue weighted by atomic mass is 9.97. The van der Waals surface area contributed by atoms with Crippen LogP contribution in [0.3, 0.4) is 0 Å². The van der Waals surface area contributed by atoms with Crippen LogP contribution in [0.1, 0.15) is 24.5 Å². The van der Waals surface area contributed by atoms with E-state index in [9.17, 15) is 9.90 Å². The first-order valence-corrected chi connectivity index (χ1v) is 9.54. The van der Waals surface area contributed by atoms with Crippen molar-refractivity contribution in [2.45, 2.75) is 24.8 Å². The lowest BCUT2D eigenvalue weighted by Gasteiger charge is -2.31. The van der Waals surface area contributed by atoms with Crippen molar-refractivity contribution in [3.63, 3.8) is 0 Å². The van der Waals surface area contributed by atoms with Gasteiger partial charge in [-0.15, -0.1) is 11.8 Å². The molecular weight excluding hydrogens is 348 g/mol. The minimum absolute atomic E-state index is 0.207. The highest BCUT2D eigenvalue weighted by Crippen LogP contribution is 2.36. The Bertz CT molecular complexity index is 792. The van der Waals surface area contributed by atoms with Crippen molar-refractivity contribution in [1.82, 2.24) is 5.01 Å². The van der Waals surface area contributed by atoms with E-state index in [0.717, 1.165) is 17.0 Å². The minimum Gasteiger partial charge on any atom is -0.497 e. The molecule has 0 aliphatic carbocycles. The second kappa shape index (κ2) is 7.93. The highest BCUT2D eigenvalue weighted by atomic mass is 32.2. The van der Waals surface area contributed by atoms with Crippen LogP contribution in [0.25, 0.3) is 0 Å². The van der Waals surface area contributed by atoms with Crippen LogP contribution in [0, 0.1) is 0 Å². The zero-order chi connectivity index (χ0) is 18.6. The van der Waals surface area contributed by atoms with Gasteiger partial charge in [-0.25, -0.2) is 0 Å². The van der Waals surface area contributed by atoms with Gasteiger partial charge in [0.1, 0.15) is 5.75 Å². The predicted octanol–water partition coefficient (Wildman–Crippen LogP) is 3.38. The molecule has 5 nitrogen and oxygen atoms in total. The summed E-state index contributed by atoms with van der Waals surface area (Å²) in [6.45, 7) is 1.82. The summed E-state index contributed by atoms with van der Waals surface area (Å²) in [5.41, 5.74) is 1.07. The maximum atomic E-state index is 12.7. The number of carbonyl (C=O) groups is 1. The summed E-state index contributed by atoms with van der Waals surface area (Å²) in [7, 11) is 1.59. The number of carbonyl (C=O) groups excluding carboxylic acids is 1. The molecule has 1 heterocycles. The molecule has 136 valence electrons. The molecule has 3 rings (SSSR count). The Labute approximate surface area is 157 Å². The largest absolute Gasteiger partial charge is 0.497 e. The maximum absolute atomic E-state index is 12.7. The van der Waals surface area contributed by atoms with Gasteiger partial charge in [0, 0.05) is 23.4 Å². The van der Waals surface area contributed by atoms with Crippen LogP contribution in [0.15, 0.2) is 59.7 Å². The molecule has 0 fully saturated rings. The molecule has 1 aliphatic heterocycles. The molecule has 2 aromatic carbocycles. The monoisotopic (exact) mass is 370 g/mol. The van der Waals surface area contributed by atoms with Crippen molar-refractivity contribution >= 4 is 23.4 Å². The number of hydrogen-bond acceptors (Lipinski definition) is 5. The third-order valence-corrected chi connectivity index (χ3v) is 5.24. The van der Waals surface area contributed by atoms with Gasteiger partial charge < -0.3 is 9.84 Å². The lowest BCUT2D eigenvalue weighted by molar-refractivity contribution is -0.154. The Hall–Kier alpha value is -2.31. The van der Waals surface area contributed by atoms with E-state index in [4.69, 9.17) is 4.74 Å². The molecule has 0 aromatic heterocycles. The van der Waals surface area contributed by atoms with Crippen molar-refractivity contribution < 1.29 is 14.6 Å². The maximum Gasteiger partial charge on any atom is 0.255 e. The highest BCUT2D eigenvalue weighted by molar-refractivity contribution is 7.99. The van der Waals surface area contributed by atoms with E-state index < -0.39 is 5.72 Å². The number of aliphatic hydroxyl groups is 1. The molecular formula is C20H22N2O3S. The van der Waals surface area contributed by atoms with Gasteiger partial charge in [-0.1, -0.05) is 42.5 Å². The van der Waals surface area contributed by atoms with Crippen molar-refractivity contribution in [2.24, 2.45) is 5.10 Å². The first-order chi connectivity index (χ1) is 12.5. The fraction of sp³-hybridized carbons (Fsp3) is 0.300. The van der Waals surface area contributed by atoms with Gasteiger partial charge in [-0.05, 0) is 24.6 Å². The van der Waals surface area contributed by atoms with E-state index in [1.807, 2.05) is 37.3 Å². The number of benzene rings is 2. The van der Waals surface area contributed by atoms with Gasteiger partial charge in [0.15, 0.2) is 5.72 Å². The van der Waals surface area contributed by atoms with Crippen molar-refractivity contribution in [3.8, 4) is 5.75 Å². The first kappa shape index (κ1) is 18.5. The Morgan fingerprint density at radius 2 is 1.92 bits per heavy atom. The van der Waals surface area contributed by atoms with E-state index in [2.05, 4.69) is 5.10 Å². The van der Waals surface area contributed by atoms with Crippen LogP contribution >= 0.6 is 11.8 Å². The van der Waals surface area contributed by atoms with Crippen LogP contribution in [0.2, 0.25) is 0 Å². The summed E-state index contributed by atoms with van der Waals surface area (Å²) in [6.07, 6.45) is 0.300. The summed E-state index contributed by atoms with van der Waals surface area (Å²) in [6, 6.07) is 17.1. The van der Waals surface area contributed by atoms with E-state index in [-0.39, 0.29) is 11.7 Å². The third-order valence-electron chi connectivity index (χ3n) is 4.25. The summed E-state index contributed by atoms with van der Waals surface area (Å²) in [5, 5.41) is 16.7. The highest BCUT2D eigenvalue weighted by Gasteiger charge is 2.44. The number of hydrogen-bond donors (Lipinski definition) is 1. The second-order valence-electron chi connectivity index (χ2n) is 6.24. The molecule has 1 amide bonds. The summed E-state index contributed by atoms with van der Waals surface area (Å²) < 4.78 is 5.16. The SMILES string of the molecule is COc1ccc([C@]2(O)CC(C)=NN2C(=O)CSCc2ccccc2)cc1. The van der Waals surface area contributed by atoms with Crippen molar-refractivity contribution in [2.75, 3.05) is 12.9 Å². The number of thioether (sulfide) groups is 1. The number of methoxy groups -OCH3 is 1. The fourth-order valence-electron chi connectivity index (χ4n) is 2.96. The molecule has 26 heavy (non-hydrogen) atoms. The molecule has 1 atom stereocenters. The number of nitrogens with zero attached hydrogens (tertiary/aromatic N) is 2. The Morgan fingerprint density at radius 1 is 1.23 bits per heavy atom. The van der Waals surface area contributed by atoms with Crippen LogP contribution in [0.5, 0.6) is 5.75 Å². The Balaban J connectivity index is 1.70. The molecule has 0 saturated carbocycles. The average molecular weight is 370 g/mol. The molecule has 0 bridgehead atoms. The topological polar surface area (TPSA) is 62.1 Å². The van der Waals surface area contributed by atoms with E-state index in [0.29, 0.717) is 17.7 Å². The predicted molar refractivity (Wildman–Crippen MR) is 104 cm³/mol. The smallest absolute Gasteiger partial charge is 0.255 e. The van der Waals surface area contributed by atoms with Crippen LogP contribution in [0.4, 0.5) is 0 Å². The van der Waals surface area contributed by atoms with Gasteiger partial charge in [0.2, 0.25) is 0 Å². The third kappa shape index (κ3) is 3.92. The molecule has 0 saturated heterocycles. The zero-order valence-electron chi connectivity index (χ0n) is 14.9. The average Bonchev–Trinajstić information content (AvgIpc) is 2.98. The minimum atomic E-state index is -1.44. The Morgan fingerprint density at radius 3 is 2.58 bits per heavy atom. The number of rotatable bonds is 6. The fourth-order valence-corrected chi connectivity index (χ4v) is 3.78. The van der Waals surface area contributed by atoms with Gasteiger partial charge >= 0.3 is 0 Å². The molecule has 1 N–H and O–H groups in total. The first-order valence-electron chi connectivity index (χ1n) is 8.38. The molecule has 2 aromatic rings. The lowest BCUT2D eigenvalue weighted by Crippen LogP contribution is -2.44. The van der Waals surface area contributed by atoms with Crippen LogP contribution in [-0.2, 0) is 16.3 Å². The van der Waals surface area contributed by atoms with Gasteiger partial charge in [0.05, 0.1) is 12.9 Å². The molecule has 0 radical (unpaired) electrons.